The van der Waals surface area contributed by atoms with Crippen LogP contribution in [0.4, 0.5) is 5.82 Å². The molecule has 1 aromatic carbocycles. The smallest absolute Gasteiger partial charge is 0.151 e. The fourth-order valence-electron chi connectivity index (χ4n) is 4.92. The van der Waals surface area contributed by atoms with Gasteiger partial charge in [-0.15, -0.1) is 10.2 Å². The number of benzene rings is 1. The lowest BCUT2D eigenvalue weighted by molar-refractivity contribution is 0.160. The molecule has 0 amide bonds. The third-order valence-corrected chi connectivity index (χ3v) is 6.98. The molecule has 3 aromatic rings. The number of hydrogen-bond acceptors (Lipinski definition) is 6. The molecule has 0 radical (unpaired) electrons. The number of nitrogens with one attached hydrogen (secondary N) is 2. The number of nitrogens with zero attached hydrogens (tertiary/aromatic N) is 4. The summed E-state index contributed by atoms with van der Waals surface area (Å²) in [6.45, 7) is 9.07. The molecule has 4 rings (SSSR count). The molecule has 32 heavy (non-hydrogen) atoms. The van der Waals surface area contributed by atoms with Crippen LogP contribution in [0.5, 0.6) is 5.75 Å². The van der Waals surface area contributed by atoms with Crippen molar-refractivity contribution in [2.45, 2.75) is 57.7 Å². The van der Waals surface area contributed by atoms with Crippen molar-refractivity contribution in [2.75, 3.05) is 19.1 Å². The summed E-state index contributed by atoms with van der Waals surface area (Å²) in [5, 5.41) is 20.0. The van der Waals surface area contributed by atoms with Crippen molar-refractivity contribution in [3.63, 3.8) is 0 Å². The number of H-pyrrole nitrogens is 1. The summed E-state index contributed by atoms with van der Waals surface area (Å²) in [5.74, 6) is 1.65. The first-order valence-electron chi connectivity index (χ1n) is 10.8. The molecule has 2 N–H and O–H groups in total. The molecule has 7 nitrogen and oxygen atoms in total. The molecule has 1 saturated heterocycles. The predicted octanol–water partition coefficient (Wildman–Crippen LogP) is 4.89. The maximum absolute atomic E-state index is 5.66. The summed E-state index contributed by atoms with van der Waals surface area (Å²) in [6, 6.07) is 10.5. The number of piperidine rings is 1. The van der Waals surface area contributed by atoms with Crippen molar-refractivity contribution in [3.05, 3.63) is 40.1 Å². The maximum atomic E-state index is 5.66. The monoisotopic (exact) mass is 546 g/mol. The largest absolute Gasteiger partial charge is 0.496 e. The quantitative estimate of drug-likeness (QED) is 0.444. The van der Waals surface area contributed by atoms with Crippen molar-refractivity contribution in [1.82, 2.24) is 25.7 Å². The van der Waals surface area contributed by atoms with Crippen molar-refractivity contribution in [3.8, 4) is 28.3 Å². The molecule has 0 atom stereocenters. The van der Waals surface area contributed by atoms with Crippen LogP contribution in [-0.4, -0.2) is 51.7 Å². The second-order valence-electron chi connectivity index (χ2n) is 9.85. The van der Waals surface area contributed by atoms with Gasteiger partial charge in [-0.2, -0.15) is 5.10 Å². The van der Waals surface area contributed by atoms with Crippen molar-refractivity contribution < 1.29 is 4.74 Å². The molecule has 0 spiro atoms. The molecule has 1 fully saturated rings. The Morgan fingerprint density at radius 2 is 1.75 bits per heavy atom. The van der Waals surface area contributed by atoms with E-state index in [1.807, 2.05) is 18.2 Å². The summed E-state index contributed by atoms with van der Waals surface area (Å²) in [7, 11) is 3.80. The third kappa shape index (κ3) is 4.76. The summed E-state index contributed by atoms with van der Waals surface area (Å²) in [4.78, 5) is 2.27. The van der Waals surface area contributed by atoms with Gasteiger partial charge in [0, 0.05) is 45.1 Å². The van der Waals surface area contributed by atoms with Gasteiger partial charge in [-0.1, -0.05) is 0 Å². The van der Waals surface area contributed by atoms with Gasteiger partial charge in [0.1, 0.15) is 5.75 Å². The highest BCUT2D eigenvalue weighted by atomic mass is 127. The second kappa shape index (κ2) is 8.62. The lowest BCUT2D eigenvalue weighted by Gasteiger charge is -2.49. The van der Waals surface area contributed by atoms with Crippen molar-refractivity contribution in [2.24, 2.45) is 0 Å². The average molecular weight is 546 g/mol. The van der Waals surface area contributed by atoms with E-state index in [1.54, 1.807) is 13.3 Å². The summed E-state index contributed by atoms with van der Waals surface area (Å²) >= 11 is 2.31. The van der Waals surface area contributed by atoms with E-state index in [0.29, 0.717) is 6.04 Å². The van der Waals surface area contributed by atoms with Gasteiger partial charge in [0.05, 0.1) is 18.5 Å². The van der Waals surface area contributed by atoms with Crippen LogP contribution >= 0.6 is 22.6 Å². The van der Waals surface area contributed by atoms with Crippen LogP contribution in [0.3, 0.4) is 0 Å². The van der Waals surface area contributed by atoms with Crippen LogP contribution in [0, 0.1) is 3.57 Å². The predicted molar refractivity (Wildman–Crippen MR) is 137 cm³/mol. The minimum absolute atomic E-state index is 0.0751. The molecule has 3 heterocycles. The molecule has 170 valence electrons. The number of hydrogen-bond donors (Lipinski definition) is 2. The Morgan fingerprint density at radius 3 is 2.31 bits per heavy atom. The van der Waals surface area contributed by atoms with Gasteiger partial charge >= 0.3 is 0 Å². The molecular weight excluding hydrogens is 515 g/mol. The lowest BCUT2D eigenvalue weighted by Crippen LogP contribution is -2.62. The molecule has 0 saturated carbocycles. The summed E-state index contributed by atoms with van der Waals surface area (Å²) < 4.78 is 6.73. The molecule has 2 aromatic heterocycles. The number of ether oxygens (including phenoxy) is 1. The SMILES string of the molecule is COc1cc(I)c(-c2ccn[nH]2)cc1-c1ccc(N(C)C2CC(C)(C)NC(C)(C)C2)nn1. The molecule has 0 unspecified atom stereocenters. The van der Waals surface area contributed by atoms with Crippen LogP contribution in [0.2, 0.25) is 0 Å². The van der Waals surface area contributed by atoms with Gasteiger partial charge in [0.25, 0.3) is 0 Å². The zero-order chi connectivity index (χ0) is 23.1. The minimum atomic E-state index is 0.0751. The fourth-order valence-corrected chi connectivity index (χ4v) is 5.65. The van der Waals surface area contributed by atoms with Crippen LogP contribution in [0.1, 0.15) is 40.5 Å². The molecular formula is C24H31IN6O. The average Bonchev–Trinajstić information content (AvgIpc) is 3.25. The van der Waals surface area contributed by atoms with Gasteiger partial charge in [-0.05, 0) is 93.5 Å². The lowest BCUT2D eigenvalue weighted by atomic mass is 9.79. The zero-order valence-electron chi connectivity index (χ0n) is 19.5. The third-order valence-electron chi connectivity index (χ3n) is 6.08. The van der Waals surface area contributed by atoms with Crippen LogP contribution in [-0.2, 0) is 0 Å². The Balaban J connectivity index is 1.63. The van der Waals surface area contributed by atoms with E-state index in [-0.39, 0.29) is 11.1 Å². The molecule has 1 aliphatic rings. The minimum Gasteiger partial charge on any atom is -0.496 e. The fraction of sp³-hybridized carbons (Fsp3) is 0.458. The van der Waals surface area contributed by atoms with E-state index in [1.165, 1.54) is 0 Å². The molecule has 0 aliphatic carbocycles. The van der Waals surface area contributed by atoms with Crippen LogP contribution < -0.4 is 15.0 Å². The number of anilines is 1. The Kier molecular flexibility index (Phi) is 6.19. The first-order valence-corrected chi connectivity index (χ1v) is 11.9. The zero-order valence-corrected chi connectivity index (χ0v) is 21.7. The van der Waals surface area contributed by atoms with Gasteiger partial charge in [-0.3, -0.25) is 5.10 Å². The van der Waals surface area contributed by atoms with Gasteiger partial charge in [0.15, 0.2) is 5.82 Å². The highest BCUT2D eigenvalue weighted by Gasteiger charge is 2.39. The number of halogens is 1. The van der Waals surface area contributed by atoms with Crippen molar-refractivity contribution >= 4 is 28.4 Å². The van der Waals surface area contributed by atoms with E-state index in [4.69, 9.17) is 4.74 Å². The Hall–Kier alpha value is -2.20. The number of aromatic nitrogens is 4. The summed E-state index contributed by atoms with van der Waals surface area (Å²) in [5.41, 5.74) is 3.85. The highest BCUT2D eigenvalue weighted by Crippen LogP contribution is 2.37. The number of aromatic amines is 1. The highest BCUT2D eigenvalue weighted by molar-refractivity contribution is 14.1. The standard InChI is InChI=1S/C24H31IN6O/c1-23(2)13-15(14-24(3,4)30-23)31(5)22-8-7-19(28-29-22)17-11-16(20-9-10-26-27-20)18(25)12-21(17)32-6/h7-12,15,30H,13-14H2,1-6H3,(H,26,27). The molecule has 0 bridgehead atoms. The Labute approximate surface area is 203 Å². The van der Waals surface area contributed by atoms with E-state index in [2.05, 4.69) is 100 Å². The van der Waals surface area contributed by atoms with Gasteiger partial charge in [0.2, 0.25) is 0 Å². The normalized spacial score (nSPS) is 17.8. The Morgan fingerprint density at radius 1 is 1.03 bits per heavy atom. The van der Waals surface area contributed by atoms with Crippen molar-refractivity contribution in [1.29, 1.82) is 0 Å². The summed E-state index contributed by atoms with van der Waals surface area (Å²) in [6.07, 6.45) is 3.85. The molecule has 1 aliphatic heterocycles. The topological polar surface area (TPSA) is 79.0 Å². The maximum Gasteiger partial charge on any atom is 0.151 e. The molecule has 8 heteroatoms. The first-order chi connectivity index (χ1) is 15.1. The van der Waals surface area contributed by atoms with Crippen LogP contribution in [0.25, 0.3) is 22.5 Å². The second-order valence-corrected chi connectivity index (χ2v) is 11.0. The number of methoxy groups -OCH3 is 1. The van der Waals surface area contributed by atoms with E-state index < -0.39 is 0 Å². The van der Waals surface area contributed by atoms with Gasteiger partial charge < -0.3 is 15.0 Å². The van der Waals surface area contributed by atoms with E-state index in [0.717, 1.165) is 50.5 Å². The first kappa shape index (κ1) is 23.0. The van der Waals surface area contributed by atoms with Crippen LogP contribution in [0.15, 0.2) is 36.5 Å². The van der Waals surface area contributed by atoms with E-state index in [9.17, 15) is 0 Å². The van der Waals surface area contributed by atoms with Gasteiger partial charge in [-0.25, -0.2) is 0 Å². The van der Waals surface area contributed by atoms with E-state index >= 15 is 0 Å². The number of rotatable bonds is 5. The Bertz CT molecular complexity index is 1060.